The standard InChI is InChI=1S/C16H13ClN4O4/c1-24-15(22)13-14(16(23)25-2)20-21(19-13)8-9-3-4-12-10(5-9)6-11(17)7-18-12/h3-7H,8H2,1-2H3. The number of aromatic nitrogens is 4. The van der Waals surface area contributed by atoms with E-state index in [2.05, 4.69) is 24.7 Å². The van der Waals surface area contributed by atoms with Crippen LogP contribution in [0.5, 0.6) is 0 Å². The monoisotopic (exact) mass is 360 g/mol. The molecule has 0 amide bonds. The maximum atomic E-state index is 11.8. The van der Waals surface area contributed by atoms with Gasteiger partial charge < -0.3 is 9.47 Å². The number of carbonyl (C=O) groups is 2. The molecule has 8 nitrogen and oxygen atoms in total. The predicted octanol–water partition coefficient (Wildman–Crippen LogP) is 2.10. The van der Waals surface area contributed by atoms with Gasteiger partial charge in [-0.3, -0.25) is 4.98 Å². The summed E-state index contributed by atoms with van der Waals surface area (Å²) < 4.78 is 9.24. The van der Waals surface area contributed by atoms with Crippen LogP contribution in [0.3, 0.4) is 0 Å². The molecule has 0 saturated heterocycles. The highest BCUT2D eigenvalue weighted by molar-refractivity contribution is 6.31. The van der Waals surface area contributed by atoms with Crippen LogP contribution in [0, 0.1) is 0 Å². The maximum Gasteiger partial charge on any atom is 0.361 e. The molecule has 0 aliphatic rings. The van der Waals surface area contributed by atoms with E-state index in [9.17, 15) is 9.59 Å². The second-order valence-corrected chi connectivity index (χ2v) is 5.53. The zero-order chi connectivity index (χ0) is 18.0. The minimum atomic E-state index is -0.763. The number of hydrogen-bond acceptors (Lipinski definition) is 7. The van der Waals surface area contributed by atoms with Gasteiger partial charge in [-0.2, -0.15) is 4.80 Å². The van der Waals surface area contributed by atoms with E-state index in [1.807, 2.05) is 18.2 Å². The van der Waals surface area contributed by atoms with Gasteiger partial charge in [0.15, 0.2) is 0 Å². The van der Waals surface area contributed by atoms with Crippen molar-refractivity contribution >= 4 is 34.4 Å². The Hall–Kier alpha value is -3.00. The minimum absolute atomic E-state index is 0.195. The molecule has 3 aromatic rings. The molecule has 0 aliphatic heterocycles. The largest absolute Gasteiger partial charge is 0.464 e. The van der Waals surface area contributed by atoms with Crippen molar-refractivity contribution in [3.05, 3.63) is 52.4 Å². The van der Waals surface area contributed by atoms with Crippen LogP contribution < -0.4 is 0 Å². The Labute approximate surface area is 147 Å². The van der Waals surface area contributed by atoms with Gasteiger partial charge in [0.1, 0.15) is 0 Å². The third-order valence-electron chi connectivity index (χ3n) is 3.45. The summed E-state index contributed by atoms with van der Waals surface area (Å²) in [5, 5.41) is 9.45. The quantitative estimate of drug-likeness (QED) is 0.657. The lowest BCUT2D eigenvalue weighted by Crippen LogP contribution is -2.11. The molecule has 2 heterocycles. The molecule has 2 aromatic heterocycles. The van der Waals surface area contributed by atoms with E-state index in [4.69, 9.17) is 11.6 Å². The van der Waals surface area contributed by atoms with Crippen LogP contribution in [0.1, 0.15) is 26.5 Å². The molecule has 0 unspecified atom stereocenters. The number of esters is 2. The topological polar surface area (TPSA) is 96.2 Å². The highest BCUT2D eigenvalue weighted by atomic mass is 35.5. The first-order valence-electron chi connectivity index (χ1n) is 7.17. The number of pyridine rings is 1. The molecule has 0 saturated carbocycles. The third-order valence-corrected chi connectivity index (χ3v) is 3.66. The van der Waals surface area contributed by atoms with Crippen molar-refractivity contribution in [2.75, 3.05) is 14.2 Å². The van der Waals surface area contributed by atoms with Crippen molar-refractivity contribution < 1.29 is 19.1 Å². The summed E-state index contributed by atoms with van der Waals surface area (Å²) in [5.41, 5.74) is 1.26. The Morgan fingerprint density at radius 2 is 1.72 bits per heavy atom. The van der Waals surface area contributed by atoms with Gasteiger partial charge in [-0.1, -0.05) is 17.7 Å². The Morgan fingerprint density at radius 3 is 2.32 bits per heavy atom. The second-order valence-electron chi connectivity index (χ2n) is 5.09. The molecule has 128 valence electrons. The van der Waals surface area contributed by atoms with Crippen LogP contribution in [0.2, 0.25) is 5.02 Å². The van der Waals surface area contributed by atoms with Gasteiger partial charge >= 0.3 is 11.9 Å². The summed E-state index contributed by atoms with van der Waals surface area (Å²) in [4.78, 5) is 29.0. The highest BCUT2D eigenvalue weighted by Gasteiger charge is 2.25. The van der Waals surface area contributed by atoms with Crippen LogP contribution >= 0.6 is 11.6 Å². The van der Waals surface area contributed by atoms with E-state index in [1.165, 1.54) is 19.0 Å². The SMILES string of the molecule is COC(=O)c1nn(Cc2ccc3ncc(Cl)cc3c2)nc1C(=O)OC. The van der Waals surface area contributed by atoms with Crippen molar-refractivity contribution in [3.63, 3.8) is 0 Å². The number of nitrogens with zero attached hydrogens (tertiary/aromatic N) is 4. The second kappa shape index (κ2) is 6.86. The molecule has 1 aromatic carbocycles. The van der Waals surface area contributed by atoms with Crippen molar-refractivity contribution in [3.8, 4) is 0 Å². The average Bonchev–Trinajstić information content (AvgIpc) is 3.03. The number of ether oxygens (including phenoxy) is 2. The molecular weight excluding hydrogens is 348 g/mol. The summed E-state index contributed by atoms with van der Waals surface area (Å²) in [6.07, 6.45) is 1.57. The van der Waals surface area contributed by atoms with Gasteiger partial charge in [0.05, 0.1) is 31.3 Å². The van der Waals surface area contributed by atoms with E-state index in [1.54, 1.807) is 12.3 Å². The molecule has 3 rings (SSSR count). The van der Waals surface area contributed by atoms with Crippen LogP contribution in [0.15, 0.2) is 30.5 Å². The van der Waals surface area contributed by atoms with Crippen molar-refractivity contribution in [1.29, 1.82) is 0 Å². The number of hydrogen-bond donors (Lipinski definition) is 0. The number of rotatable bonds is 4. The molecule has 9 heteroatoms. The number of halogens is 1. The summed E-state index contributed by atoms with van der Waals surface area (Å²) in [5.74, 6) is -1.53. The first kappa shape index (κ1) is 16.8. The summed E-state index contributed by atoms with van der Waals surface area (Å²) in [6, 6.07) is 7.37. The fraction of sp³-hybridized carbons (Fsp3) is 0.188. The maximum absolute atomic E-state index is 11.8. The Bertz CT molecular complexity index is 936. The van der Waals surface area contributed by atoms with E-state index in [-0.39, 0.29) is 17.9 Å². The summed E-state index contributed by atoms with van der Waals surface area (Å²) >= 11 is 5.96. The van der Waals surface area contributed by atoms with Crippen molar-refractivity contribution in [2.24, 2.45) is 0 Å². The molecule has 0 fully saturated rings. The highest BCUT2D eigenvalue weighted by Crippen LogP contribution is 2.19. The molecule has 0 bridgehead atoms. The summed E-state index contributed by atoms with van der Waals surface area (Å²) in [6.45, 7) is 0.240. The molecular formula is C16H13ClN4O4. The smallest absolute Gasteiger partial charge is 0.361 e. The number of methoxy groups -OCH3 is 2. The van der Waals surface area contributed by atoms with Crippen molar-refractivity contribution in [1.82, 2.24) is 20.0 Å². The van der Waals surface area contributed by atoms with E-state index in [0.29, 0.717) is 5.02 Å². The lowest BCUT2D eigenvalue weighted by molar-refractivity contribution is 0.0548. The Morgan fingerprint density at radius 1 is 1.08 bits per heavy atom. The predicted molar refractivity (Wildman–Crippen MR) is 88.6 cm³/mol. The van der Waals surface area contributed by atoms with Crippen molar-refractivity contribution in [2.45, 2.75) is 6.54 Å². The van der Waals surface area contributed by atoms with E-state index in [0.717, 1.165) is 16.5 Å². The van der Waals surface area contributed by atoms with Gasteiger partial charge in [0.2, 0.25) is 11.4 Å². The first-order chi connectivity index (χ1) is 12.0. The molecule has 0 aliphatic carbocycles. The minimum Gasteiger partial charge on any atom is -0.464 e. The fourth-order valence-corrected chi connectivity index (χ4v) is 2.47. The molecule has 0 radical (unpaired) electrons. The van der Waals surface area contributed by atoms with E-state index < -0.39 is 11.9 Å². The number of benzene rings is 1. The van der Waals surface area contributed by atoms with Gasteiger partial charge in [0, 0.05) is 11.6 Å². The number of fused-ring (bicyclic) bond motifs is 1. The first-order valence-corrected chi connectivity index (χ1v) is 7.55. The van der Waals surface area contributed by atoms with Crippen LogP contribution in [0.25, 0.3) is 10.9 Å². The Kier molecular flexibility index (Phi) is 4.62. The molecule has 25 heavy (non-hydrogen) atoms. The van der Waals surface area contributed by atoms with E-state index >= 15 is 0 Å². The molecule has 0 N–H and O–H groups in total. The van der Waals surface area contributed by atoms with Gasteiger partial charge in [-0.15, -0.1) is 10.2 Å². The van der Waals surface area contributed by atoms with Crippen LogP contribution in [0.4, 0.5) is 0 Å². The third kappa shape index (κ3) is 3.43. The lowest BCUT2D eigenvalue weighted by atomic mass is 10.1. The molecule has 0 spiro atoms. The zero-order valence-electron chi connectivity index (χ0n) is 13.4. The number of carbonyl (C=O) groups excluding carboxylic acids is 2. The van der Waals surface area contributed by atoms with Gasteiger partial charge in [-0.25, -0.2) is 9.59 Å². The van der Waals surface area contributed by atoms with Gasteiger partial charge in [-0.05, 0) is 23.8 Å². The van der Waals surface area contributed by atoms with Crippen LogP contribution in [-0.2, 0) is 16.0 Å². The molecule has 0 atom stereocenters. The normalized spacial score (nSPS) is 10.7. The lowest BCUT2D eigenvalue weighted by Gasteiger charge is -2.03. The van der Waals surface area contributed by atoms with Crippen LogP contribution in [-0.4, -0.2) is 46.1 Å². The Balaban J connectivity index is 1.96. The van der Waals surface area contributed by atoms with Gasteiger partial charge in [0.25, 0.3) is 0 Å². The zero-order valence-corrected chi connectivity index (χ0v) is 14.1. The summed E-state index contributed by atoms with van der Waals surface area (Å²) in [7, 11) is 2.39. The fourth-order valence-electron chi connectivity index (χ4n) is 2.30. The average molecular weight is 361 g/mol.